The van der Waals surface area contributed by atoms with Crippen molar-refractivity contribution >= 4 is 5.69 Å². The van der Waals surface area contributed by atoms with E-state index in [0.29, 0.717) is 11.5 Å². The van der Waals surface area contributed by atoms with Gasteiger partial charge in [0.25, 0.3) is 0 Å². The predicted octanol–water partition coefficient (Wildman–Crippen LogP) is 3.60. The SMILES string of the molecule is CC1(C)CCC(Nc2ccc(F)nc2)CC1. The first-order chi connectivity index (χ1) is 7.55. The van der Waals surface area contributed by atoms with Crippen molar-refractivity contribution in [1.29, 1.82) is 0 Å². The fourth-order valence-corrected chi connectivity index (χ4v) is 2.24. The lowest BCUT2D eigenvalue weighted by Gasteiger charge is -2.35. The van der Waals surface area contributed by atoms with Crippen LogP contribution in [0.2, 0.25) is 0 Å². The molecule has 0 saturated heterocycles. The van der Waals surface area contributed by atoms with E-state index in [1.807, 2.05) is 0 Å². The summed E-state index contributed by atoms with van der Waals surface area (Å²) in [6, 6.07) is 3.66. The van der Waals surface area contributed by atoms with Crippen molar-refractivity contribution in [3.8, 4) is 0 Å². The van der Waals surface area contributed by atoms with E-state index < -0.39 is 5.95 Å². The highest BCUT2D eigenvalue weighted by Gasteiger charge is 2.26. The molecule has 0 radical (unpaired) electrons. The van der Waals surface area contributed by atoms with Gasteiger partial charge in [-0.25, -0.2) is 4.98 Å². The number of nitrogens with zero attached hydrogens (tertiary/aromatic N) is 1. The molecule has 1 saturated carbocycles. The number of anilines is 1. The lowest BCUT2D eigenvalue weighted by Crippen LogP contribution is -2.29. The van der Waals surface area contributed by atoms with Crippen LogP contribution in [0.15, 0.2) is 18.3 Å². The summed E-state index contributed by atoms with van der Waals surface area (Å²) in [7, 11) is 0. The molecule has 1 aromatic rings. The minimum atomic E-state index is -0.421. The zero-order chi connectivity index (χ0) is 11.6. The van der Waals surface area contributed by atoms with Crippen molar-refractivity contribution in [1.82, 2.24) is 4.98 Å². The average molecular weight is 222 g/mol. The molecule has 1 N–H and O–H groups in total. The molecule has 3 heteroatoms. The molecule has 0 atom stereocenters. The molecule has 1 aliphatic carbocycles. The van der Waals surface area contributed by atoms with Gasteiger partial charge < -0.3 is 5.32 Å². The Balaban J connectivity index is 1.89. The van der Waals surface area contributed by atoms with Crippen LogP contribution in [0, 0.1) is 11.4 Å². The van der Waals surface area contributed by atoms with Crippen LogP contribution in [-0.4, -0.2) is 11.0 Å². The Morgan fingerprint density at radius 1 is 1.31 bits per heavy atom. The lowest BCUT2D eigenvalue weighted by atomic mass is 9.75. The van der Waals surface area contributed by atoms with Gasteiger partial charge in [-0.05, 0) is 43.2 Å². The summed E-state index contributed by atoms with van der Waals surface area (Å²) >= 11 is 0. The summed E-state index contributed by atoms with van der Waals surface area (Å²) < 4.78 is 12.6. The Hall–Kier alpha value is -1.12. The molecule has 88 valence electrons. The standard InChI is InChI=1S/C13H19FN2/c1-13(2)7-5-10(6-8-13)16-11-3-4-12(14)15-9-11/h3-4,9-10,16H,5-8H2,1-2H3. The van der Waals surface area contributed by atoms with Gasteiger partial charge in [-0.2, -0.15) is 4.39 Å². The van der Waals surface area contributed by atoms with Gasteiger partial charge in [-0.3, -0.25) is 0 Å². The summed E-state index contributed by atoms with van der Waals surface area (Å²) in [6.07, 6.45) is 6.43. The monoisotopic (exact) mass is 222 g/mol. The van der Waals surface area contributed by atoms with E-state index in [4.69, 9.17) is 0 Å². The molecule has 2 nitrogen and oxygen atoms in total. The highest BCUT2D eigenvalue weighted by atomic mass is 19.1. The highest BCUT2D eigenvalue weighted by molar-refractivity contribution is 5.41. The summed E-state index contributed by atoms with van der Waals surface area (Å²) in [6.45, 7) is 4.64. The third-order valence-corrected chi connectivity index (χ3v) is 3.44. The summed E-state index contributed by atoms with van der Waals surface area (Å²) in [5, 5.41) is 3.42. The van der Waals surface area contributed by atoms with E-state index in [9.17, 15) is 4.39 Å². The Morgan fingerprint density at radius 3 is 2.56 bits per heavy atom. The maximum Gasteiger partial charge on any atom is 0.212 e. The first-order valence-corrected chi connectivity index (χ1v) is 5.93. The molecule has 0 aromatic carbocycles. The molecule has 1 fully saturated rings. The number of hydrogen-bond acceptors (Lipinski definition) is 2. The van der Waals surface area contributed by atoms with Crippen molar-refractivity contribution in [2.45, 2.75) is 45.6 Å². The van der Waals surface area contributed by atoms with Crippen LogP contribution >= 0.6 is 0 Å². The van der Waals surface area contributed by atoms with Crippen molar-refractivity contribution in [2.75, 3.05) is 5.32 Å². The Morgan fingerprint density at radius 2 is 2.00 bits per heavy atom. The number of nitrogens with one attached hydrogen (secondary N) is 1. The minimum Gasteiger partial charge on any atom is -0.381 e. The Bertz CT molecular complexity index is 335. The molecule has 0 spiro atoms. The van der Waals surface area contributed by atoms with Crippen LogP contribution in [-0.2, 0) is 0 Å². The van der Waals surface area contributed by atoms with Crippen molar-refractivity contribution < 1.29 is 4.39 Å². The molecular formula is C13H19FN2. The van der Waals surface area contributed by atoms with Crippen LogP contribution in [0.3, 0.4) is 0 Å². The van der Waals surface area contributed by atoms with Gasteiger partial charge in [0.1, 0.15) is 0 Å². The van der Waals surface area contributed by atoms with Gasteiger partial charge in [-0.1, -0.05) is 13.8 Å². The van der Waals surface area contributed by atoms with E-state index in [1.165, 1.54) is 31.7 Å². The van der Waals surface area contributed by atoms with Gasteiger partial charge in [0.2, 0.25) is 5.95 Å². The van der Waals surface area contributed by atoms with Crippen LogP contribution in [0.1, 0.15) is 39.5 Å². The summed E-state index contributed by atoms with van der Waals surface area (Å²) in [5.74, 6) is -0.421. The molecule has 0 bridgehead atoms. The van der Waals surface area contributed by atoms with E-state index >= 15 is 0 Å². The molecular weight excluding hydrogens is 203 g/mol. The lowest BCUT2D eigenvalue weighted by molar-refractivity contribution is 0.232. The van der Waals surface area contributed by atoms with Crippen molar-refractivity contribution in [3.63, 3.8) is 0 Å². The minimum absolute atomic E-state index is 0.421. The van der Waals surface area contributed by atoms with E-state index in [-0.39, 0.29) is 0 Å². The zero-order valence-corrected chi connectivity index (χ0v) is 9.96. The molecule has 16 heavy (non-hydrogen) atoms. The molecule has 1 heterocycles. The maximum absolute atomic E-state index is 12.6. The summed E-state index contributed by atoms with van der Waals surface area (Å²) in [5.41, 5.74) is 1.41. The molecule has 2 rings (SSSR count). The number of halogens is 1. The van der Waals surface area contributed by atoms with Crippen molar-refractivity contribution in [2.24, 2.45) is 5.41 Å². The number of aromatic nitrogens is 1. The number of pyridine rings is 1. The molecule has 1 aromatic heterocycles. The smallest absolute Gasteiger partial charge is 0.212 e. The second-order valence-corrected chi connectivity index (χ2v) is 5.45. The van der Waals surface area contributed by atoms with Crippen LogP contribution in [0.4, 0.5) is 10.1 Å². The molecule has 0 unspecified atom stereocenters. The number of rotatable bonds is 2. The Labute approximate surface area is 96.3 Å². The van der Waals surface area contributed by atoms with Crippen LogP contribution < -0.4 is 5.32 Å². The third kappa shape index (κ3) is 2.94. The van der Waals surface area contributed by atoms with Gasteiger partial charge >= 0.3 is 0 Å². The van der Waals surface area contributed by atoms with E-state index in [0.717, 1.165) is 5.69 Å². The predicted molar refractivity (Wildman–Crippen MR) is 63.9 cm³/mol. The van der Waals surface area contributed by atoms with Gasteiger partial charge in [-0.15, -0.1) is 0 Å². The normalized spacial score (nSPS) is 20.7. The van der Waals surface area contributed by atoms with Crippen molar-refractivity contribution in [3.05, 3.63) is 24.3 Å². The van der Waals surface area contributed by atoms with Gasteiger partial charge in [0.05, 0.1) is 11.9 Å². The Kier molecular flexibility index (Phi) is 3.13. The topological polar surface area (TPSA) is 24.9 Å². The van der Waals surface area contributed by atoms with Gasteiger partial charge in [0, 0.05) is 6.04 Å². The van der Waals surface area contributed by atoms with Crippen LogP contribution in [0.25, 0.3) is 0 Å². The van der Waals surface area contributed by atoms with E-state index in [2.05, 4.69) is 24.1 Å². The fourth-order valence-electron chi connectivity index (χ4n) is 2.24. The average Bonchev–Trinajstić information content (AvgIpc) is 2.24. The second-order valence-electron chi connectivity index (χ2n) is 5.45. The highest BCUT2D eigenvalue weighted by Crippen LogP contribution is 2.35. The molecule has 1 aliphatic rings. The first-order valence-electron chi connectivity index (χ1n) is 5.93. The fraction of sp³-hybridized carbons (Fsp3) is 0.615. The molecule has 0 aliphatic heterocycles. The number of hydrogen-bond donors (Lipinski definition) is 1. The largest absolute Gasteiger partial charge is 0.381 e. The van der Waals surface area contributed by atoms with Crippen LogP contribution in [0.5, 0.6) is 0 Å². The first kappa shape index (κ1) is 11.4. The quantitative estimate of drug-likeness (QED) is 0.773. The van der Waals surface area contributed by atoms with E-state index in [1.54, 1.807) is 12.3 Å². The van der Waals surface area contributed by atoms with Gasteiger partial charge in [0.15, 0.2) is 0 Å². The third-order valence-electron chi connectivity index (χ3n) is 3.44. The zero-order valence-electron chi connectivity index (χ0n) is 9.96. The maximum atomic E-state index is 12.6. The summed E-state index contributed by atoms with van der Waals surface area (Å²) in [4.78, 5) is 3.64. The molecule has 0 amide bonds. The second kappa shape index (κ2) is 4.40.